The van der Waals surface area contributed by atoms with E-state index in [2.05, 4.69) is 31.2 Å². The zero-order valence-electron chi connectivity index (χ0n) is 10.7. The summed E-state index contributed by atoms with van der Waals surface area (Å²) in [5.41, 5.74) is 1.68. The number of halogens is 1. The van der Waals surface area contributed by atoms with Crippen molar-refractivity contribution in [3.8, 4) is 0 Å². The van der Waals surface area contributed by atoms with Gasteiger partial charge in [0.1, 0.15) is 5.82 Å². The number of aromatic amines is 1. The van der Waals surface area contributed by atoms with Gasteiger partial charge in [-0.25, -0.2) is 4.98 Å². The normalized spacial score (nSPS) is 10.4. The molecule has 2 N–H and O–H groups in total. The number of nitrogens with zero attached hydrogens (tertiary/aromatic N) is 1. The number of aryl methyl sites for hydroxylation is 1. The quantitative estimate of drug-likeness (QED) is 0.832. The van der Waals surface area contributed by atoms with Crippen molar-refractivity contribution in [2.45, 2.75) is 19.8 Å². The van der Waals surface area contributed by atoms with Gasteiger partial charge in [0, 0.05) is 35.4 Å². The second-order valence-corrected chi connectivity index (χ2v) is 5.16. The molecule has 0 bridgehead atoms. The molecule has 0 atom stereocenters. The van der Waals surface area contributed by atoms with Crippen molar-refractivity contribution in [3.05, 3.63) is 52.0 Å². The summed E-state index contributed by atoms with van der Waals surface area (Å²) in [6.45, 7) is 2.58. The van der Waals surface area contributed by atoms with Gasteiger partial charge in [0.05, 0.1) is 0 Å². The van der Waals surface area contributed by atoms with E-state index in [1.165, 1.54) is 0 Å². The van der Waals surface area contributed by atoms with E-state index in [0.717, 1.165) is 28.7 Å². The lowest BCUT2D eigenvalue weighted by Crippen LogP contribution is -2.25. The summed E-state index contributed by atoms with van der Waals surface area (Å²) in [7, 11) is 0. The Kier molecular flexibility index (Phi) is 4.74. The smallest absolute Gasteiger partial charge is 0.251 e. The van der Waals surface area contributed by atoms with Crippen LogP contribution in [0.5, 0.6) is 0 Å². The summed E-state index contributed by atoms with van der Waals surface area (Å²) in [6.07, 6.45) is 5.24. The number of benzene rings is 1. The summed E-state index contributed by atoms with van der Waals surface area (Å²) in [5, 5.41) is 2.93. The van der Waals surface area contributed by atoms with Gasteiger partial charge in [0.15, 0.2) is 0 Å². The van der Waals surface area contributed by atoms with Crippen LogP contribution >= 0.6 is 15.9 Å². The first kappa shape index (κ1) is 13.8. The first-order valence-corrected chi connectivity index (χ1v) is 6.99. The Labute approximate surface area is 120 Å². The number of H-pyrrole nitrogens is 1. The number of nitrogens with one attached hydrogen (secondary N) is 2. The van der Waals surface area contributed by atoms with Gasteiger partial charge in [-0.1, -0.05) is 22.0 Å². The van der Waals surface area contributed by atoms with E-state index < -0.39 is 0 Å². The summed E-state index contributed by atoms with van der Waals surface area (Å²) >= 11 is 3.43. The van der Waals surface area contributed by atoms with Gasteiger partial charge in [0.2, 0.25) is 0 Å². The topological polar surface area (TPSA) is 57.8 Å². The molecule has 2 rings (SSSR count). The van der Waals surface area contributed by atoms with Crippen LogP contribution in [0.2, 0.25) is 0 Å². The lowest BCUT2D eigenvalue weighted by Gasteiger charge is -2.08. The van der Waals surface area contributed by atoms with Crippen LogP contribution in [0.4, 0.5) is 0 Å². The fourth-order valence-corrected chi connectivity index (χ4v) is 2.21. The molecule has 0 aliphatic rings. The van der Waals surface area contributed by atoms with E-state index >= 15 is 0 Å². The molecule has 100 valence electrons. The molecule has 0 saturated carbocycles. The van der Waals surface area contributed by atoms with Gasteiger partial charge in [-0.3, -0.25) is 4.79 Å². The van der Waals surface area contributed by atoms with E-state index in [-0.39, 0.29) is 5.91 Å². The highest BCUT2D eigenvalue weighted by Crippen LogP contribution is 2.19. The van der Waals surface area contributed by atoms with Crippen molar-refractivity contribution in [2.24, 2.45) is 0 Å². The molecule has 0 unspecified atom stereocenters. The Morgan fingerprint density at radius 1 is 1.47 bits per heavy atom. The highest BCUT2D eigenvalue weighted by Gasteiger charge is 2.09. The number of imidazole rings is 1. The summed E-state index contributed by atoms with van der Waals surface area (Å²) < 4.78 is 0.954. The number of carbonyl (C=O) groups excluding carboxylic acids is 1. The maximum absolute atomic E-state index is 12.0. The third-order valence-electron chi connectivity index (χ3n) is 2.94. The fourth-order valence-electron chi connectivity index (χ4n) is 1.84. The summed E-state index contributed by atoms with van der Waals surface area (Å²) in [6, 6.07) is 5.64. The summed E-state index contributed by atoms with van der Waals surface area (Å²) in [5.74, 6) is 0.922. The van der Waals surface area contributed by atoms with Gasteiger partial charge in [-0.2, -0.15) is 0 Å². The molecule has 1 heterocycles. The van der Waals surface area contributed by atoms with Crippen LogP contribution in [0.15, 0.2) is 35.1 Å². The van der Waals surface area contributed by atoms with Crippen molar-refractivity contribution in [3.63, 3.8) is 0 Å². The molecule has 0 radical (unpaired) electrons. The Morgan fingerprint density at radius 3 is 3.05 bits per heavy atom. The van der Waals surface area contributed by atoms with Crippen molar-refractivity contribution in [2.75, 3.05) is 6.54 Å². The number of aromatic nitrogens is 2. The molecule has 0 aliphatic heterocycles. The number of amides is 1. The third-order valence-corrected chi connectivity index (χ3v) is 3.80. The molecule has 2 aromatic rings. The molecule has 1 amide bonds. The molecular formula is C14H16BrN3O. The van der Waals surface area contributed by atoms with E-state index in [1.54, 1.807) is 12.4 Å². The third kappa shape index (κ3) is 3.67. The number of carbonyl (C=O) groups is 1. The average molecular weight is 322 g/mol. The van der Waals surface area contributed by atoms with Crippen LogP contribution in [0, 0.1) is 6.92 Å². The molecule has 19 heavy (non-hydrogen) atoms. The molecular weight excluding hydrogens is 306 g/mol. The highest BCUT2D eigenvalue weighted by atomic mass is 79.9. The Balaban J connectivity index is 1.83. The van der Waals surface area contributed by atoms with Gasteiger partial charge >= 0.3 is 0 Å². The van der Waals surface area contributed by atoms with Gasteiger partial charge in [0.25, 0.3) is 5.91 Å². The van der Waals surface area contributed by atoms with E-state index in [4.69, 9.17) is 0 Å². The number of rotatable bonds is 5. The molecule has 1 aromatic heterocycles. The average Bonchev–Trinajstić information content (AvgIpc) is 2.91. The zero-order chi connectivity index (χ0) is 13.7. The van der Waals surface area contributed by atoms with E-state index in [0.29, 0.717) is 12.1 Å². The SMILES string of the molecule is Cc1c(Br)cccc1C(=O)NCCCc1ncc[nH]1. The minimum atomic E-state index is -0.0294. The maximum Gasteiger partial charge on any atom is 0.251 e. The van der Waals surface area contributed by atoms with E-state index in [9.17, 15) is 4.79 Å². The minimum Gasteiger partial charge on any atom is -0.352 e. The summed E-state index contributed by atoms with van der Waals surface area (Å²) in [4.78, 5) is 19.2. The monoisotopic (exact) mass is 321 g/mol. The second-order valence-electron chi connectivity index (χ2n) is 4.31. The second kappa shape index (κ2) is 6.52. The first-order valence-electron chi connectivity index (χ1n) is 6.20. The van der Waals surface area contributed by atoms with Crippen molar-refractivity contribution >= 4 is 21.8 Å². The maximum atomic E-state index is 12.0. The minimum absolute atomic E-state index is 0.0294. The van der Waals surface area contributed by atoms with Gasteiger partial charge in [-0.15, -0.1) is 0 Å². The van der Waals surface area contributed by atoms with Crippen LogP contribution in [0.25, 0.3) is 0 Å². The lowest BCUT2D eigenvalue weighted by molar-refractivity contribution is 0.0952. The number of hydrogen-bond donors (Lipinski definition) is 2. The Bertz CT molecular complexity index is 552. The molecule has 5 heteroatoms. The van der Waals surface area contributed by atoms with E-state index in [1.807, 2.05) is 25.1 Å². The molecule has 0 saturated heterocycles. The standard InChI is InChI=1S/C14H16BrN3O/c1-10-11(4-2-5-12(10)15)14(19)18-7-3-6-13-16-8-9-17-13/h2,4-5,8-9H,3,6-7H2,1H3,(H,16,17)(H,18,19). The van der Waals surface area contributed by atoms with Crippen molar-refractivity contribution < 1.29 is 4.79 Å². The van der Waals surface area contributed by atoms with Crippen LogP contribution < -0.4 is 5.32 Å². The van der Waals surface area contributed by atoms with Crippen molar-refractivity contribution in [1.82, 2.24) is 15.3 Å². The molecule has 0 fully saturated rings. The van der Waals surface area contributed by atoms with Crippen LogP contribution in [0.3, 0.4) is 0 Å². The lowest BCUT2D eigenvalue weighted by atomic mass is 10.1. The van der Waals surface area contributed by atoms with Gasteiger partial charge in [-0.05, 0) is 31.0 Å². The predicted molar refractivity (Wildman–Crippen MR) is 78.1 cm³/mol. The molecule has 0 spiro atoms. The van der Waals surface area contributed by atoms with Crippen LogP contribution in [-0.4, -0.2) is 22.4 Å². The number of hydrogen-bond acceptors (Lipinski definition) is 2. The van der Waals surface area contributed by atoms with Crippen molar-refractivity contribution in [1.29, 1.82) is 0 Å². The fraction of sp³-hybridized carbons (Fsp3) is 0.286. The van der Waals surface area contributed by atoms with Crippen LogP contribution in [0.1, 0.15) is 28.2 Å². The molecule has 0 aliphatic carbocycles. The Morgan fingerprint density at radius 2 is 2.32 bits per heavy atom. The molecule has 4 nitrogen and oxygen atoms in total. The first-order chi connectivity index (χ1) is 9.18. The van der Waals surface area contributed by atoms with Gasteiger partial charge < -0.3 is 10.3 Å². The zero-order valence-corrected chi connectivity index (χ0v) is 12.3. The predicted octanol–water partition coefficient (Wildman–Crippen LogP) is 2.84. The van der Waals surface area contributed by atoms with Crippen LogP contribution in [-0.2, 0) is 6.42 Å². The largest absolute Gasteiger partial charge is 0.352 e. The Hall–Kier alpha value is -1.62. The molecule has 1 aromatic carbocycles. The highest BCUT2D eigenvalue weighted by molar-refractivity contribution is 9.10.